The van der Waals surface area contributed by atoms with Gasteiger partial charge in [-0.1, -0.05) is 23.2 Å². The Morgan fingerprint density at radius 2 is 1.60 bits per heavy atom. The maximum Gasteiger partial charge on any atom is 0.304 e. The number of likely N-dealkylation sites (tertiary alicyclic amines) is 1. The third-order valence-corrected chi connectivity index (χ3v) is 9.26. The number of rotatable bonds is 10. The van der Waals surface area contributed by atoms with E-state index in [1.807, 2.05) is 18.2 Å². The molecule has 13 heteroatoms. The van der Waals surface area contributed by atoms with E-state index in [4.69, 9.17) is 38.0 Å². The Hall–Kier alpha value is -3.51. The highest BCUT2D eigenvalue weighted by atomic mass is 35.5. The second kappa shape index (κ2) is 13.9. The fraction of sp³-hybridized carbons (Fsp3) is 0.469. The summed E-state index contributed by atoms with van der Waals surface area (Å²) in [6.45, 7) is 7.75. The van der Waals surface area contributed by atoms with Crippen LogP contribution in [0.1, 0.15) is 31.7 Å². The van der Waals surface area contributed by atoms with E-state index in [0.717, 1.165) is 69.8 Å². The lowest BCUT2D eigenvalue weighted by Gasteiger charge is -2.34. The van der Waals surface area contributed by atoms with Crippen LogP contribution in [0.2, 0.25) is 10.0 Å². The highest BCUT2D eigenvalue weighted by Crippen LogP contribution is 2.46. The van der Waals surface area contributed by atoms with Gasteiger partial charge in [-0.3, -0.25) is 19.4 Å². The molecule has 0 spiro atoms. The monoisotopic (exact) mass is 653 g/mol. The van der Waals surface area contributed by atoms with Crippen molar-refractivity contribution in [2.45, 2.75) is 38.8 Å². The Morgan fingerprint density at radius 1 is 0.933 bits per heavy atom. The zero-order valence-electron chi connectivity index (χ0n) is 25.2. The number of nitrogens with zero attached hydrogens (tertiary/aromatic N) is 6. The largest absolute Gasteiger partial charge is 0.481 e. The van der Waals surface area contributed by atoms with Crippen molar-refractivity contribution in [1.82, 2.24) is 30.1 Å². The van der Waals surface area contributed by atoms with Crippen LogP contribution in [-0.4, -0.2) is 93.6 Å². The Balaban J connectivity index is 1.14. The number of piperazine rings is 1. The fourth-order valence-corrected chi connectivity index (χ4v) is 7.02. The van der Waals surface area contributed by atoms with Crippen molar-refractivity contribution >= 4 is 41.0 Å². The van der Waals surface area contributed by atoms with Crippen LogP contribution in [0.3, 0.4) is 0 Å². The number of ether oxygens (including phenoxy) is 1. The number of hydrogen-bond donors (Lipinski definition) is 2. The predicted molar refractivity (Wildman–Crippen MR) is 172 cm³/mol. The first-order chi connectivity index (χ1) is 21.7. The zero-order chi connectivity index (χ0) is 31.5. The number of aliphatic carboxylic acids is 1. The van der Waals surface area contributed by atoms with Crippen LogP contribution in [0.25, 0.3) is 11.3 Å². The Labute approximate surface area is 272 Å². The SMILES string of the molecule is CC(=O)NC1[C@H]2CCN(Cc3cc(Oc4cnc(N5CCN(CCC(=O)O)CC5)nc4)nc(-c4cc(Cl)cc(Cl)c4)c3)CC[C@@H]12. The summed E-state index contributed by atoms with van der Waals surface area (Å²) >= 11 is 12.7. The Bertz CT molecular complexity index is 1500. The van der Waals surface area contributed by atoms with Crippen LogP contribution in [0, 0.1) is 11.8 Å². The van der Waals surface area contributed by atoms with E-state index >= 15 is 0 Å². The molecule has 238 valence electrons. The van der Waals surface area contributed by atoms with Crippen molar-refractivity contribution in [2.75, 3.05) is 50.7 Å². The van der Waals surface area contributed by atoms with Crippen molar-refractivity contribution in [2.24, 2.45) is 11.8 Å². The van der Waals surface area contributed by atoms with Crippen molar-refractivity contribution in [3.8, 4) is 22.9 Å². The lowest BCUT2D eigenvalue weighted by molar-refractivity contribution is -0.137. The van der Waals surface area contributed by atoms with Crippen LogP contribution in [0.5, 0.6) is 11.6 Å². The predicted octanol–water partition coefficient (Wildman–Crippen LogP) is 4.58. The molecule has 1 aliphatic carbocycles. The van der Waals surface area contributed by atoms with Crippen LogP contribution >= 0.6 is 23.2 Å². The van der Waals surface area contributed by atoms with E-state index in [9.17, 15) is 9.59 Å². The molecule has 1 amide bonds. The summed E-state index contributed by atoms with van der Waals surface area (Å²) in [7, 11) is 0. The smallest absolute Gasteiger partial charge is 0.304 e. The van der Waals surface area contributed by atoms with Gasteiger partial charge in [-0.15, -0.1) is 0 Å². The van der Waals surface area contributed by atoms with E-state index in [1.54, 1.807) is 25.4 Å². The van der Waals surface area contributed by atoms with Gasteiger partial charge in [-0.2, -0.15) is 0 Å². The number of nitrogens with one attached hydrogen (secondary N) is 1. The van der Waals surface area contributed by atoms with Gasteiger partial charge in [-0.25, -0.2) is 15.0 Å². The molecule has 2 aliphatic heterocycles. The standard InChI is InChI=1S/C32H37Cl2N7O4/c1-20(42)37-31-26-2-5-40(6-3-27(26)31)19-21-12-28(22-14-23(33)16-24(34)15-22)38-29(13-21)45-25-17-35-32(36-18-25)41-10-8-39(9-11-41)7-4-30(43)44/h12-18,26-27,31H,2-11,19H2,1H3,(H,37,42)(H,43,44)/t26-,27+,31?. The van der Waals surface area contributed by atoms with Gasteiger partial charge in [0, 0.05) is 73.9 Å². The van der Waals surface area contributed by atoms with Gasteiger partial charge in [0.05, 0.1) is 24.5 Å². The molecule has 0 radical (unpaired) electrons. The topological polar surface area (TPSA) is 124 Å². The molecule has 4 heterocycles. The number of aromatic nitrogens is 3. The van der Waals surface area contributed by atoms with Gasteiger partial charge >= 0.3 is 5.97 Å². The summed E-state index contributed by atoms with van der Waals surface area (Å²) in [6.07, 6.45) is 5.55. The molecule has 1 unspecified atom stereocenters. The Kier molecular flexibility index (Phi) is 9.70. The second-order valence-corrected chi connectivity index (χ2v) is 12.9. The normalized spacial score (nSPS) is 21.9. The molecule has 2 saturated heterocycles. The maximum absolute atomic E-state index is 11.5. The summed E-state index contributed by atoms with van der Waals surface area (Å²) in [5.41, 5.74) is 2.55. The minimum Gasteiger partial charge on any atom is -0.481 e. The molecule has 3 aromatic rings. The number of benzene rings is 1. The van der Waals surface area contributed by atoms with Gasteiger partial charge in [0.1, 0.15) is 0 Å². The number of hydrogen-bond acceptors (Lipinski definition) is 9. The summed E-state index contributed by atoms with van der Waals surface area (Å²) in [6, 6.07) is 9.70. The highest BCUT2D eigenvalue weighted by Gasteiger charge is 2.50. The van der Waals surface area contributed by atoms with Gasteiger partial charge in [-0.05, 0) is 67.6 Å². The summed E-state index contributed by atoms with van der Waals surface area (Å²) in [4.78, 5) is 43.0. The first kappa shape index (κ1) is 31.5. The number of anilines is 1. The molecule has 45 heavy (non-hydrogen) atoms. The van der Waals surface area contributed by atoms with Crippen molar-refractivity contribution in [1.29, 1.82) is 0 Å². The second-order valence-electron chi connectivity index (χ2n) is 12.1. The lowest BCUT2D eigenvalue weighted by Crippen LogP contribution is -2.47. The molecule has 2 N–H and O–H groups in total. The molecular weight excluding hydrogens is 617 g/mol. The number of carboxylic acid groups (broad SMARTS) is 1. The van der Waals surface area contributed by atoms with Gasteiger partial charge in [0.15, 0.2) is 5.75 Å². The first-order valence-electron chi connectivity index (χ1n) is 15.4. The highest BCUT2D eigenvalue weighted by molar-refractivity contribution is 6.35. The van der Waals surface area contributed by atoms with E-state index < -0.39 is 5.97 Å². The van der Waals surface area contributed by atoms with Gasteiger partial charge in [0.25, 0.3) is 0 Å². The van der Waals surface area contributed by atoms with Crippen LogP contribution in [0.4, 0.5) is 5.95 Å². The molecule has 1 saturated carbocycles. The maximum atomic E-state index is 11.5. The average Bonchev–Trinajstić information content (AvgIpc) is 3.71. The van der Waals surface area contributed by atoms with Gasteiger partial charge in [0.2, 0.25) is 17.7 Å². The molecule has 0 bridgehead atoms. The molecule has 1 aromatic carbocycles. The minimum atomic E-state index is -0.781. The van der Waals surface area contributed by atoms with E-state index in [2.05, 4.69) is 36.1 Å². The van der Waals surface area contributed by atoms with Crippen molar-refractivity contribution in [3.63, 3.8) is 0 Å². The Morgan fingerprint density at radius 3 is 2.22 bits per heavy atom. The van der Waals surface area contributed by atoms with Crippen LogP contribution < -0.4 is 15.0 Å². The minimum absolute atomic E-state index is 0.0516. The van der Waals surface area contributed by atoms with E-state index in [-0.39, 0.29) is 12.3 Å². The van der Waals surface area contributed by atoms with Crippen LogP contribution in [0.15, 0.2) is 42.7 Å². The number of halogens is 2. The molecule has 11 nitrogen and oxygen atoms in total. The van der Waals surface area contributed by atoms with E-state index in [1.165, 1.54) is 0 Å². The molecule has 2 aromatic heterocycles. The first-order valence-corrected chi connectivity index (χ1v) is 16.1. The number of carbonyl (C=O) groups is 2. The molecule has 6 rings (SSSR count). The van der Waals surface area contributed by atoms with Crippen molar-refractivity contribution < 1.29 is 19.4 Å². The number of carboxylic acids is 1. The summed E-state index contributed by atoms with van der Waals surface area (Å²) < 4.78 is 6.20. The molecule has 3 fully saturated rings. The summed E-state index contributed by atoms with van der Waals surface area (Å²) in [5.74, 6) is 1.89. The molecule has 3 atom stereocenters. The molecular formula is C32H37Cl2N7O4. The number of amides is 1. The lowest BCUT2D eigenvalue weighted by atomic mass is 10.1. The van der Waals surface area contributed by atoms with Crippen LogP contribution in [-0.2, 0) is 16.1 Å². The molecule has 3 aliphatic rings. The summed E-state index contributed by atoms with van der Waals surface area (Å²) in [5, 5.41) is 13.1. The zero-order valence-corrected chi connectivity index (χ0v) is 26.7. The number of fused-ring (bicyclic) bond motifs is 1. The average molecular weight is 655 g/mol. The number of pyridine rings is 1. The van der Waals surface area contributed by atoms with Crippen molar-refractivity contribution in [3.05, 3.63) is 58.3 Å². The number of carbonyl (C=O) groups excluding carboxylic acids is 1. The van der Waals surface area contributed by atoms with Gasteiger partial charge < -0.3 is 20.1 Å². The quantitative estimate of drug-likeness (QED) is 0.321. The van der Waals surface area contributed by atoms with E-state index in [0.29, 0.717) is 57.7 Å². The fourth-order valence-electron chi connectivity index (χ4n) is 6.50. The third-order valence-electron chi connectivity index (χ3n) is 8.82. The third kappa shape index (κ3) is 8.21.